The second-order valence-corrected chi connectivity index (χ2v) is 3.36. The quantitative estimate of drug-likeness (QED) is 0.550. The van der Waals surface area contributed by atoms with Crippen molar-refractivity contribution in [1.82, 2.24) is 10.6 Å². The van der Waals surface area contributed by atoms with Gasteiger partial charge in [-0.1, -0.05) is 0 Å². The van der Waals surface area contributed by atoms with Crippen molar-refractivity contribution in [3.05, 3.63) is 0 Å². The molecule has 0 bridgehead atoms. The van der Waals surface area contributed by atoms with E-state index in [1.807, 2.05) is 0 Å². The summed E-state index contributed by atoms with van der Waals surface area (Å²) in [5, 5.41) is 13.8. The fourth-order valence-corrected chi connectivity index (χ4v) is 0.894. The number of aliphatic hydroxyl groups is 1. The summed E-state index contributed by atoms with van der Waals surface area (Å²) in [6.07, 6.45) is -2.47. The normalized spacial score (nSPS) is 18.3. The predicted molar refractivity (Wildman–Crippen MR) is 46.0 cm³/mol. The Hall–Kier alpha value is -0.750. The van der Waals surface area contributed by atoms with Gasteiger partial charge in [-0.25, -0.2) is 8.78 Å². The number of nitrogens with one attached hydrogen (secondary N) is 2. The minimum absolute atomic E-state index is 0.126. The van der Waals surface area contributed by atoms with Crippen LogP contribution in [0.1, 0.15) is 12.8 Å². The molecule has 0 spiro atoms. The lowest BCUT2D eigenvalue weighted by atomic mass is 10.3. The maximum Gasteiger partial charge on any atom is 0.265 e. The molecule has 1 unspecified atom stereocenters. The van der Waals surface area contributed by atoms with E-state index in [0.29, 0.717) is 6.04 Å². The smallest absolute Gasteiger partial charge is 0.265 e. The van der Waals surface area contributed by atoms with Crippen LogP contribution in [0.25, 0.3) is 0 Å². The van der Waals surface area contributed by atoms with Gasteiger partial charge in [-0.2, -0.15) is 0 Å². The third kappa shape index (κ3) is 4.48. The number of carbonyl (C=O) groups is 1. The van der Waals surface area contributed by atoms with Crippen molar-refractivity contribution < 1.29 is 18.7 Å². The Balaban J connectivity index is 2.01. The van der Waals surface area contributed by atoms with Crippen molar-refractivity contribution in [1.29, 1.82) is 0 Å². The summed E-state index contributed by atoms with van der Waals surface area (Å²) in [5.74, 6) is -0.364. The van der Waals surface area contributed by atoms with Crippen LogP contribution in [0, 0.1) is 0 Å². The van der Waals surface area contributed by atoms with Gasteiger partial charge in [-0.15, -0.1) is 0 Å². The molecule has 0 aromatic heterocycles. The molecule has 1 aliphatic carbocycles. The first-order valence-electron chi connectivity index (χ1n) is 4.56. The molecule has 0 saturated heterocycles. The third-order valence-electron chi connectivity index (χ3n) is 1.93. The molecular formula is C8H14F2N2O2. The highest BCUT2D eigenvalue weighted by atomic mass is 19.3. The van der Waals surface area contributed by atoms with Crippen molar-refractivity contribution >= 4 is 5.91 Å². The topological polar surface area (TPSA) is 61.4 Å². The third-order valence-corrected chi connectivity index (χ3v) is 1.93. The van der Waals surface area contributed by atoms with Gasteiger partial charge in [0.05, 0.1) is 6.54 Å². The minimum atomic E-state index is -2.81. The van der Waals surface area contributed by atoms with Gasteiger partial charge in [-0.05, 0) is 12.8 Å². The second-order valence-electron chi connectivity index (χ2n) is 3.36. The summed E-state index contributed by atoms with van der Waals surface area (Å²) >= 11 is 0. The summed E-state index contributed by atoms with van der Waals surface area (Å²) < 4.78 is 23.6. The van der Waals surface area contributed by atoms with Gasteiger partial charge in [0.2, 0.25) is 5.91 Å². The van der Waals surface area contributed by atoms with Gasteiger partial charge in [0, 0.05) is 12.6 Å². The Morgan fingerprint density at radius 3 is 2.64 bits per heavy atom. The van der Waals surface area contributed by atoms with Crippen LogP contribution in [0.4, 0.5) is 8.78 Å². The summed E-state index contributed by atoms with van der Waals surface area (Å²) in [5.41, 5.74) is 0. The molecule has 82 valence electrons. The van der Waals surface area contributed by atoms with Crippen LogP contribution in [-0.2, 0) is 4.79 Å². The van der Waals surface area contributed by atoms with E-state index in [-0.39, 0.29) is 12.5 Å². The molecule has 1 saturated carbocycles. The van der Waals surface area contributed by atoms with Gasteiger partial charge in [-0.3, -0.25) is 4.79 Å². The Labute approximate surface area is 80.7 Å². The van der Waals surface area contributed by atoms with Crippen LogP contribution in [0.2, 0.25) is 0 Å². The van der Waals surface area contributed by atoms with Crippen LogP contribution in [0.15, 0.2) is 0 Å². The fraction of sp³-hybridized carbons (Fsp3) is 0.875. The Kier molecular flexibility index (Phi) is 4.21. The summed E-state index contributed by atoms with van der Waals surface area (Å²) in [4.78, 5) is 11.0. The average molecular weight is 208 g/mol. The lowest BCUT2D eigenvalue weighted by molar-refractivity contribution is -0.121. The van der Waals surface area contributed by atoms with Crippen molar-refractivity contribution in [3.8, 4) is 0 Å². The highest BCUT2D eigenvalue weighted by Gasteiger charge is 2.22. The summed E-state index contributed by atoms with van der Waals surface area (Å²) in [6, 6.07) is 0.403. The van der Waals surface area contributed by atoms with E-state index in [9.17, 15) is 13.6 Å². The molecule has 6 heteroatoms. The van der Waals surface area contributed by atoms with E-state index in [1.165, 1.54) is 0 Å². The van der Waals surface area contributed by atoms with Crippen molar-refractivity contribution in [2.45, 2.75) is 31.4 Å². The number of hydrogen-bond donors (Lipinski definition) is 3. The molecule has 1 atom stereocenters. The minimum Gasteiger partial charge on any atom is -0.385 e. The van der Waals surface area contributed by atoms with Crippen LogP contribution in [-0.4, -0.2) is 42.7 Å². The first kappa shape index (κ1) is 11.3. The maximum absolute atomic E-state index is 11.8. The Morgan fingerprint density at radius 1 is 1.50 bits per heavy atom. The summed E-state index contributed by atoms with van der Waals surface area (Å²) in [6.45, 7) is -0.274. The molecule has 0 aliphatic heterocycles. The standard InChI is InChI=1S/C8H14F2N2O2/c9-8(10)6(13)3-12-7(14)4-11-5-1-2-5/h5-6,8,11,13H,1-4H2,(H,12,14). The van der Waals surface area contributed by atoms with Crippen molar-refractivity contribution in [2.24, 2.45) is 0 Å². The Morgan fingerprint density at radius 2 is 2.14 bits per heavy atom. The zero-order valence-electron chi connectivity index (χ0n) is 7.67. The van der Waals surface area contributed by atoms with E-state index < -0.39 is 19.1 Å². The zero-order chi connectivity index (χ0) is 10.6. The molecule has 0 radical (unpaired) electrons. The van der Waals surface area contributed by atoms with Gasteiger partial charge in [0.15, 0.2) is 0 Å². The second kappa shape index (κ2) is 5.21. The van der Waals surface area contributed by atoms with Crippen LogP contribution in [0.3, 0.4) is 0 Å². The number of carbonyl (C=O) groups excluding carboxylic acids is 1. The molecule has 1 rings (SSSR count). The first-order chi connectivity index (χ1) is 6.59. The molecule has 14 heavy (non-hydrogen) atoms. The number of halogens is 2. The molecule has 1 fully saturated rings. The summed E-state index contributed by atoms with van der Waals surface area (Å²) in [7, 11) is 0. The largest absolute Gasteiger partial charge is 0.385 e. The molecule has 4 nitrogen and oxygen atoms in total. The van der Waals surface area contributed by atoms with Gasteiger partial charge in [0.25, 0.3) is 6.43 Å². The number of rotatable bonds is 6. The van der Waals surface area contributed by atoms with Crippen LogP contribution >= 0.6 is 0 Å². The van der Waals surface area contributed by atoms with E-state index in [2.05, 4.69) is 10.6 Å². The van der Waals surface area contributed by atoms with Crippen molar-refractivity contribution in [2.75, 3.05) is 13.1 Å². The van der Waals surface area contributed by atoms with E-state index in [0.717, 1.165) is 12.8 Å². The highest BCUT2D eigenvalue weighted by molar-refractivity contribution is 5.78. The number of alkyl halides is 2. The highest BCUT2D eigenvalue weighted by Crippen LogP contribution is 2.17. The molecule has 1 aliphatic rings. The molecule has 1 amide bonds. The van der Waals surface area contributed by atoms with Crippen molar-refractivity contribution in [3.63, 3.8) is 0 Å². The van der Waals surface area contributed by atoms with E-state index in [1.54, 1.807) is 0 Å². The van der Waals surface area contributed by atoms with Gasteiger partial charge < -0.3 is 15.7 Å². The monoisotopic (exact) mass is 208 g/mol. The van der Waals surface area contributed by atoms with Gasteiger partial charge in [0.1, 0.15) is 6.10 Å². The lowest BCUT2D eigenvalue weighted by Crippen LogP contribution is -2.40. The first-order valence-corrected chi connectivity index (χ1v) is 4.56. The number of aliphatic hydroxyl groups excluding tert-OH is 1. The van der Waals surface area contributed by atoms with Gasteiger partial charge >= 0.3 is 0 Å². The maximum atomic E-state index is 11.8. The molecular weight excluding hydrogens is 194 g/mol. The van der Waals surface area contributed by atoms with Crippen LogP contribution < -0.4 is 10.6 Å². The number of amides is 1. The average Bonchev–Trinajstić information content (AvgIpc) is 2.94. The van der Waals surface area contributed by atoms with E-state index in [4.69, 9.17) is 5.11 Å². The zero-order valence-corrected chi connectivity index (χ0v) is 7.67. The predicted octanol–water partition coefficient (Wildman–Crippen LogP) is -0.519. The number of hydrogen-bond acceptors (Lipinski definition) is 3. The Bertz CT molecular complexity index is 198. The molecule has 3 N–H and O–H groups in total. The molecule has 0 aromatic rings. The molecule has 0 aromatic carbocycles. The van der Waals surface area contributed by atoms with Crippen LogP contribution in [0.5, 0.6) is 0 Å². The fourth-order valence-electron chi connectivity index (χ4n) is 0.894. The SMILES string of the molecule is O=C(CNC1CC1)NCC(O)C(F)F. The molecule has 0 heterocycles. The lowest BCUT2D eigenvalue weighted by Gasteiger charge is -2.10. The van der Waals surface area contributed by atoms with E-state index >= 15 is 0 Å².